The van der Waals surface area contributed by atoms with Gasteiger partial charge in [-0.25, -0.2) is 0 Å². The Hall–Kier alpha value is -3.20. The molecule has 4 aromatic rings. The average molecular weight is 954 g/mol. The van der Waals surface area contributed by atoms with E-state index in [0.29, 0.717) is 21.7 Å². The van der Waals surface area contributed by atoms with Crippen LogP contribution in [0.15, 0.2) is 121 Å². The summed E-state index contributed by atoms with van der Waals surface area (Å²) in [5, 5.41) is 14.0. The highest BCUT2D eigenvalue weighted by Crippen LogP contribution is 2.23. The molecule has 0 unspecified atom stereocenters. The lowest BCUT2D eigenvalue weighted by Crippen LogP contribution is -2.10. The lowest BCUT2D eigenvalue weighted by Gasteiger charge is -2.18. The Morgan fingerprint density at radius 1 is 0.221 bits per heavy atom. The molecule has 0 amide bonds. The van der Waals surface area contributed by atoms with E-state index in [1.807, 2.05) is 55.4 Å². The van der Waals surface area contributed by atoms with Crippen molar-refractivity contribution in [1.82, 2.24) is 0 Å². The zero-order valence-electron chi connectivity index (χ0n) is 52.8. The number of rotatable bonds is 0. The van der Waals surface area contributed by atoms with Crippen molar-refractivity contribution in [3.63, 3.8) is 0 Å². The van der Waals surface area contributed by atoms with E-state index in [0.717, 1.165) is 37.9 Å². The third-order valence-electron chi connectivity index (χ3n) is 6.56. The SMILES string of the molecule is CC.CC.CC.CC.CC(C)(C)c1ccccc1.CC(C)(C)c1ccccc1.CC(C)(C)c1ccccc1.CC(C)(C)c1ccccc1.CC(C)C.CC(C)C.CC(C)C.CC(C)C.CO.CO. The molecule has 4 rings (SSSR count). The lowest BCUT2D eigenvalue weighted by molar-refractivity contribution is 0.399. The predicted octanol–water partition coefficient (Wildman–Crippen LogP) is 21.9. The van der Waals surface area contributed by atoms with Gasteiger partial charge in [0, 0.05) is 14.2 Å². The molecule has 2 heteroatoms. The Morgan fingerprint density at radius 2 is 0.294 bits per heavy atom. The normalized spacial score (nSPS) is 9.41. The average Bonchev–Trinajstić information content (AvgIpc) is 3.28. The van der Waals surface area contributed by atoms with Crippen LogP contribution in [-0.4, -0.2) is 24.4 Å². The summed E-state index contributed by atoms with van der Waals surface area (Å²) in [5.41, 5.74) is 6.76. The van der Waals surface area contributed by atoms with Gasteiger partial charge in [0.15, 0.2) is 0 Å². The molecule has 4 aromatic carbocycles. The van der Waals surface area contributed by atoms with Gasteiger partial charge in [0.2, 0.25) is 0 Å². The van der Waals surface area contributed by atoms with Gasteiger partial charge in [-0.3, -0.25) is 0 Å². The van der Waals surface area contributed by atoms with Crippen LogP contribution >= 0.6 is 0 Å². The van der Waals surface area contributed by atoms with Crippen molar-refractivity contribution >= 4 is 0 Å². The first kappa shape index (κ1) is 87.8. The minimum atomic E-state index is 0.293. The summed E-state index contributed by atoms with van der Waals surface area (Å²) in [7, 11) is 2.00. The highest BCUT2D eigenvalue weighted by Gasteiger charge is 2.13. The lowest BCUT2D eigenvalue weighted by atomic mass is 9.87. The van der Waals surface area contributed by atoms with E-state index in [-0.39, 0.29) is 0 Å². The van der Waals surface area contributed by atoms with Gasteiger partial charge in [-0.05, 0) is 67.6 Å². The summed E-state index contributed by atoms with van der Waals surface area (Å²) >= 11 is 0. The second-order valence-corrected chi connectivity index (χ2v) is 21.4. The Bertz CT molecular complexity index is 1130. The molecular weight excluding hydrogens is 825 g/mol. The van der Waals surface area contributed by atoms with Crippen LogP contribution in [0.4, 0.5) is 0 Å². The Morgan fingerprint density at radius 3 is 0.338 bits per heavy atom. The Balaban J connectivity index is -0.0000000702. The molecule has 2 N–H and O–H groups in total. The van der Waals surface area contributed by atoms with E-state index in [2.05, 4.69) is 287 Å². The van der Waals surface area contributed by atoms with Gasteiger partial charge in [0.25, 0.3) is 0 Å². The molecule has 0 aromatic heterocycles. The minimum Gasteiger partial charge on any atom is -0.400 e. The summed E-state index contributed by atoms with van der Waals surface area (Å²) in [6.45, 7) is 68.7. The molecule has 0 aliphatic heterocycles. The molecular formula is C66H128O2. The number of benzene rings is 4. The van der Waals surface area contributed by atoms with Crippen LogP contribution < -0.4 is 0 Å². The van der Waals surface area contributed by atoms with E-state index in [1.165, 1.54) is 22.3 Å². The molecule has 68 heavy (non-hydrogen) atoms. The largest absolute Gasteiger partial charge is 0.400 e. The van der Waals surface area contributed by atoms with Gasteiger partial charge in [-0.15, -0.1) is 0 Å². The quantitative estimate of drug-likeness (QED) is 0.184. The fraction of sp³-hybridized carbons (Fsp3) is 0.636. The van der Waals surface area contributed by atoms with Crippen molar-refractivity contribution in [2.75, 3.05) is 14.2 Å². The second-order valence-electron chi connectivity index (χ2n) is 21.4. The van der Waals surface area contributed by atoms with Crippen LogP contribution in [0.5, 0.6) is 0 Å². The van der Waals surface area contributed by atoms with Crippen molar-refractivity contribution in [2.24, 2.45) is 23.7 Å². The smallest absolute Gasteiger partial charge is 0.0319 e. The molecule has 404 valence electrons. The Labute approximate surface area is 433 Å². The highest BCUT2D eigenvalue weighted by molar-refractivity contribution is 5.24. The monoisotopic (exact) mass is 953 g/mol. The summed E-state index contributed by atoms with van der Waals surface area (Å²) in [5.74, 6) is 3.33. The van der Waals surface area contributed by atoms with E-state index in [9.17, 15) is 0 Å². The van der Waals surface area contributed by atoms with Crippen LogP contribution in [0.3, 0.4) is 0 Å². The maximum Gasteiger partial charge on any atom is 0.0319 e. The summed E-state index contributed by atoms with van der Waals surface area (Å²) < 4.78 is 0. The number of aliphatic hydroxyl groups excluding tert-OH is 2. The fourth-order valence-corrected chi connectivity index (χ4v) is 3.75. The van der Waals surface area contributed by atoms with E-state index >= 15 is 0 Å². The zero-order valence-corrected chi connectivity index (χ0v) is 52.8. The van der Waals surface area contributed by atoms with Crippen molar-refractivity contribution in [1.29, 1.82) is 0 Å². The third-order valence-corrected chi connectivity index (χ3v) is 6.56. The molecule has 0 saturated carbocycles. The standard InChI is InChI=1S/4C10H14.4C4H10.4C2H6.2CH4O/c4*1-10(2,3)9-7-5-4-6-8-9;4*1-4(2)3;6*1-2/h4*4-8H,1-3H3;4*4H,1-3H3;4*1-2H3;2*2H,1H3. The Kier molecular flexibility index (Phi) is 77.4. The van der Waals surface area contributed by atoms with Crippen LogP contribution in [0.1, 0.15) is 244 Å². The van der Waals surface area contributed by atoms with Gasteiger partial charge in [-0.1, -0.05) is 343 Å². The van der Waals surface area contributed by atoms with Gasteiger partial charge in [-0.2, -0.15) is 0 Å². The molecule has 0 radical (unpaired) electrons. The molecule has 0 aliphatic carbocycles. The van der Waals surface area contributed by atoms with Gasteiger partial charge in [0.1, 0.15) is 0 Å². The first-order valence-electron chi connectivity index (χ1n) is 26.5. The molecule has 0 atom stereocenters. The van der Waals surface area contributed by atoms with E-state index in [1.54, 1.807) is 0 Å². The van der Waals surface area contributed by atoms with Crippen LogP contribution in [0.25, 0.3) is 0 Å². The van der Waals surface area contributed by atoms with Crippen LogP contribution in [-0.2, 0) is 21.7 Å². The van der Waals surface area contributed by atoms with E-state index in [4.69, 9.17) is 10.2 Å². The molecule has 0 fully saturated rings. The number of aliphatic hydroxyl groups is 2. The van der Waals surface area contributed by atoms with Gasteiger partial charge in [0.05, 0.1) is 0 Å². The summed E-state index contributed by atoms with van der Waals surface area (Å²) in [6, 6.07) is 42.2. The predicted molar refractivity (Wildman–Crippen MR) is 324 cm³/mol. The topological polar surface area (TPSA) is 40.5 Å². The molecule has 0 saturated heterocycles. The zero-order chi connectivity index (χ0) is 56.8. The van der Waals surface area contributed by atoms with Crippen molar-refractivity contribution in [2.45, 2.75) is 243 Å². The maximum atomic E-state index is 7.00. The van der Waals surface area contributed by atoms with Crippen molar-refractivity contribution in [3.8, 4) is 0 Å². The molecule has 0 heterocycles. The summed E-state index contributed by atoms with van der Waals surface area (Å²) in [4.78, 5) is 0. The number of hydrogen-bond donors (Lipinski definition) is 2. The number of hydrogen-bond acceptors (Lipinski definition) is 2. The van der Waals surface area contributed by atoms with Gasteiger partial charge < -0.3 is 10.2 Å². The maximum absolute atomic E-state index is 7.00. The van der Waals surface area contributed by atoms with Crippen LogP contribution in [0, 0.1) is 23.7 Å². The van der Waals surface area contributed by atoms with Gasteiger partial charge >= 0.3 is 0 Å². The first-order chi connectivity index (χ1) is 31.3. The molecule has 2 nitrogen and oxygen atoms in total. The van der Waals surface area contributed by atoms with E-state index < -0.39 is 0 Å². The molecule has 0 bridgehead atoms. The first-order valence-corrected chi connectivity index (χ1v) is 26.5. The van der Waals surface area contributed by atoms with Crippen LogP contribution in [0.2, 0.25) is 0 Å². The second kappa shape index (κ2) is 59.9. The fourth-order valence-electron chi connectivity index (χ4n) is 3.75. The van der Waals surface area contributed by atoms with Crippen molar-refractivity contribution in [3.05, 3.63) is 144 Å². The van der Waals surface area contributed by atoms with Crippen molar-refractivity contribution < 1.29 is 10.2 Å². The minimum absolute atomic E-state index is 0.293. The molecule has 0 spiro atoms. The highest BCUT2D eigenvalue weighted by atomic mass is 16.2. The summed E-state index contributed by atoms with van der Waals surface area (Å²) in [6.07, 6.45) is 0. The molecule has 0 aliphatic rings. The third kappa shape index (κ3) is 86.0.